The normalized spacial score (nSPS) is 15.2. The monoisotopic (exact) mass is 347 g/mol. The molecule has 1 aliphatic rings. The number of nitrogens with zero attached hydrogens (tertiary/aromatic N) is 1. The highest BCUT2D eigenvalue weighted by Crippen LogP contribution is 2.21. The highest BCUT2D eigenvalue weighted by Gasteiger charge is 2.23. The highest BCUT2D eigenvalue weighted by atomic mass is 19.1. The Hall–Kier alpha value is -2.17. The van der Waals surface area contributed by atoms with Gasteiger partial charge in [-0.05, 0) is 50.3 Å². The fourth-order valence-corrected chi connectivity index (χ4v) is 3.10. The van der Waals surface area contributed by atoms with Crippen LogP contribution in [0.15, 0.2) is 35.9 Å². The van der Waals surface area contributed by atoms with Crippen molar-refractivity contribution in [2.45, 2.75) is 39.0 Å². The number of carbonyl (C=O) groups excluding carboxylic acids is 2. The van der Waals surface area contributed by atoms with Gasteiger partial charge >= 0.3 is 5.97 Å². The summed E-state index contributed by atoms with van der Waals surface area (Å²) in [5, 5.41) is 0. The molecular weight excluding hydrogens is 321 g/mol. The van der Waals surface area contributed by atoms with Crippen LogP contribution in [0.4, 0.5) is 4.39 Å². The van der Waals surface area contributed by atoms with Gasteiger partial charge in [0, 0.05) is 18.7 Å². The number of amides is 1. The summed E-state index contributed by atoms with van der Waals surface area (Å²) >= 11 is 0. The molecule has 0 saturated heterocycles. The van der Waals surface area contributed by atoms with E-state index in [2.05, 4.69) is 6.08 Å². The molecule has 0 aliphatic heterocycles. The Kier molecular flexibility index (Phi) is 7.16. The van der Waals surface area contributed by atoms with Crippen LogP contribution in [0.1, 0.15) is 49.4 Å². The molecule has 1 aromatic rings. The first-order valence-corrected chi connectivity index (χ1v) is 8.82. The van der Waals surface area contributed by atoms with E-state index < -0.39 is 11.7 Å². The number of halogens is 1. The van der Waals surface area contributed by atoms with Gasteiger partial charge in [-0.3, -0.25) is 9.59 Å². The van der Waals surface area contributed by atoms with Crippen molar-refractivity contribution in [3.63, 3.8) is 0 Å². The van der Waals surface area contributed by atoms with Crippen LogP contribution in [0, 0.1) is 11.7 Å². The van der Waals surface area contributed by atoms with E-state index in [4.69, 9.17) is 4.74 Å². The van der Waals surface area contributed by atoms with Crippen LogP contribution in [0.25, 0.3) is 0 Å². The van der Waals surface area contributed by atoms with Crippen molar-refractivity contribution in [1.82, 2.24) is 4.90 Å². The molecule has 0 bridgehead atoms. The van der Waals surface area contributed by atoms with Gasteiger partial charge in [0.1, 0.15) is 5.82 Å². The maximum Gasteiger partial charge on any atom is 0.310 e. The summed E-state index contributed by atoms with van der Waals surface area (Å²) in [6.45, 7) is 2.51. The van der Waals surface area contributed by atoms with Crippen molar-refractivity contribution in [1.29, 1.82) is 0 Å². The summed E-state index contributed by atoms with van der Waals surface area (Å²) in [7, 11) is 1.34. The second kappa shape index (κ2) is 9.35. The molecule has 0 saturated carbocycles. The molecular formula is C20H26FNO3. The molecule has 0 fully saturated rings. The van der Waals surface area contributed by atoms with Crippen molar-refractivity contribution in [2.75, 3.05) is 20.2 Å². The lowest BCUT2D eigenvalue weighted by atomic mass is 9.97. The van der Waals surface area contributed by atoms with Crippen molar-refractivity contribution >= 4 is 11.9 Å². The zero-order valence-corrected chi connectivity index (χ0v) is 15.0. The Bertz CT molecular complexity index is 642. The van der Waals surface area contributed by atoms with Gasteiger partial charge in [-0.15, -0.1) is 0 Å². The van der Waals surface area contributed by atoms with Gasteiger partial charge < -0.3 is 9.64 Å². The van der Waals surface area contributed by atoms with Crippen LogP contribution in [0.3, 0.4) is 0 Å². The van der Waals surface area contributed by atoms with E-state index in [0.29, 0.717) is 12.1 Å². The van der Waals surface area contributed by atoms with Gasteiger partial charge in [0.15, 0.2) is 0 Å². The van der Waals surface area contributed by atoms with Crippen LogP contribution in [-0.2, 0) is 9.53 Å². The molecule has 0 heterocycles. The Morgan fingerprint density at radius 2 is 2.12 bits per heavy atom. The van der Waals surface area contributed by atoms with Crippen LogP contribution in [0.5, 0.6) is 0 Å². The summed E-state index contributed by atoms with van der Waals surface area (Å²) < 4.78 is 18.2. The first kappa shape index (κ1) is 19.2. The fourth-order valence-electron chi connectivity index (χ4n) is 3.10. The van der Waals surface area contributed by atoms with Crippen LogP contribution in [0.2, 0.25) is 0 Å². The number of hydrogen-bond acceptors (Lipinski definition) is 3. The lowest BCUT2D eigenvalue weighted by Gasteiger charge is -2.26. The highest BCUT2D eigenvalue weighted by molar-refractivity contribution is 5.94. The minimum atomic E-state index is -0.443. The third-order valence-electron chi connectivity index (χ3n) is 4.54. The van der Waals surface area contributed by atoms with E-state index in [1.165, 1.54) is 43.7 Å². The summed E-state index contributed by atoms with van der Waals surface area (Å²) in [6, 6.07) is 5.66. The van der Waals surface area contributed by atoms with Gasteiger partial charge in [0.2, 0.25) is 0 Å². The third kappa shape index (κ3) is 5.69. The van der Waals surface area contributed by atoms with E-state index in [1.807, 2.05) is 0 Å². The van der Waals surface area contributed by atoms with Crippen LogP contribution in [-0.4, -0.2) is 37.0 Å². The van der Waals surface area contributed by atoms with E-state index in [0.717, 1.165) is 19.3 Å². The molecule has 136 valence electrons. The molecule has 1 amide bonds. The fraction of sp³-hybridized carbons (Fsp3) is 0.500. The lowest BCUT2D eigenvalue weighted by molar-refractivity contribution is -0.145. The van der Waals surface area contributed by atoms with Crippen molar-refractivity contribution < 1.29 is 18.7 Å². The topological polar surface area (TPSA) is 46.6 Å². The van der Waals surface area contributed by atoms with Gasteiger partial charge in [0.25, 0.3) is 5.91 Å². The second-order valence-electron chi connectivity index (χ2n) is 6.54. The van der Waals surface area contributed by atoms with Crippen LogP contribution >= 0.6 is 0 Å². The number of carbonyl (C=O) groups is 2. The number of benzene rings is 1. The summed E-state index contributed by atoms with van der Waals surface area (Å²) in [6.07, 6.45) is 7.59. The predicted molar refractivity (Wildman–Crippen MR) is 94.7 cm³/mol. The minimum Gasteiger partial charge on any atom is -0.469 e. The van der Waals surface area contributed by atoms with E-state index in [-0.39, 0.29) is 18.4 Å². The zero-order chi connectivity index (χ0) is 18.2. The maximum absolute atomic E-state index is 13.5. The van der Waals surface area contributed by atoms with Crippen LogP contribution < -0.4 is 0 Å². The Labute approximate surface area is 148 Å². The van der Waals surface area contributed by atoms with E-state index in [1.54, 1.807) is 17.9 Å². The minimum absolute atomic E-state index is 0.258. The lowest BCUT2D eigenvalue weighted by Crippen LogP contribution is -2.38. The van der Waals surface area contributed by atoms with Gasteiger partial charge in [0.05, 0.1) is 13.0 Å². The Morgan fingerprint density at radius 3 is 2.76 bits per heavy atom. The van der Waals surface area contributed by atoms with Crippen molar-refractivity contribution in [2.24, 2.45) is 5.92 Å². The standard InChI is InChI=1S/C20H26FNO3/c1-15(20(24)25-2)14-22(12-11-16-7-4-3-5-8-16)19(23)17-9-6-10-18(21)13-17/h6-7,9-10,13,15H,3-5,8,11-12,14H2,1-2H3. The molecule has 4 nitrogen and oxygen atoms in total. The number of esters is 1. The molecule has 1 aromatic carbocycles. The average molecular weight is 347 g/mol. The number of rotatable bonds is 7. The predicted octanol–water partition coefficient (Wildman–Crippen LogP) is 3.97. The molecule has 0 radical (unpaired) electrons. The molecule has 2 rings (SSSR count). The molecule has 0 aromatic heterocycles. The van der Waals surface area contributed by atoms with E-state index in [9.17, 15) is 14.0 Å². The smallest absolute Gasteiger partial charge is 0.310 e. The summed E-state index contributed by atoms with van der Waals surface area (Å²) in [4.78, 5) is 26.2. The van der Waals surface area contributed by atoms with Gasteiger partial charge in [-0.25, -0.2) is 4.39 Å². The number of hydrogen-bond donors (Lipinski definition) is 0. The molecule has 0 N–H and O–H groups in total. The third-order valence-corrected chi connectivity index (χ3v) is 4.54. The average Bonchev–Trinajstić information content (AvgIpc) is 2.64. The number of methoxy groups -OCH3 is 1. The van der Waals surface area contributed by atoms with Crippen molar-refractivity contribution in [3.05, 3.63) is 47.3 Å². The summed E-state index contributed by atoms with van der Waals surface area (Å²) in [5.41, 5.74) is 1.66. The first-order chi connectivity index (χ1) is 12.0. The van der Waals surface area contributed by atoms with Gasteiger partial charge in [-0.2, -0.15) is 0 Å². The molecule has 25 heavy (non-hydrogen) atoms. The Morgan fingerprint density at radius 1 is 1.32 bits per heavy atom. The quantitative estimate of drug-likeness (QED) is 0.554. The molecule has 0 spiro atoms. The first-order valence-electron chi connectivity index (χ1n) is 8.82. The SMILES string of the molecule is COC(=O)C(C)CN(CCC1=CCCCC1)C(=O)c1cccc(F)c1. The Balaban J connectivity index is 2.11. The summed E-state index contributed by atoms with van der Waals surface area (Å²) in [5.74, 6) is -1.48. The zero-order valence-electron chi connectivity index (χ0n) is 15.0. The molecule has 1 unspecified atom stereocenters. The van der Waals surface area contributed by atoms with Crippen molar-refractivity contribution in [3.8, 4) is 0 Å². The molecule has 1 aliphatic carbocycles. The number of allylic oxidation sites excluding steroid dienone is 1. The molecule has 5 heteroatoms. The van der Waals surface area contributed by atoms with Gasteiger partial charge in [-0.1, -0.05) is 24.6 Å². The van der Waals surface area contributed by atoms with E-state index >= 15 is 0 Å². The maximum atomic E-state index is 13.5. The second-order valence-corrected chi connectivity index (χ2v) is 6.54. The number of ether oxygens (including phenoxy) is 1. The molecule has 1 atom stereocenters. The largest absolute Gasteiger partial charge is 0.469 e.